The van der Waals surface area contributed by atoms with Gasteiger partial charge in [0.15, 0.2) is 6.23 Å². The highest BCUT2D eigenvalue weighted by atomic mass is 16.5. The fourth-order valence-corrected chi connectivity index (χ4v) is 3.44. The Morgan fingerprint density at radius 3 is 2.77 bits per heavy atom. The second-order valence-corrected chi connectivity index (χ2v) is 6.54. The Bertz CT molecular complexity index is 887. The maximum absolute atomic E-state index is 6.05. The van der Waals surface area contributed by atoms with Crippen molar-refractivity contribution in [2.45, 2.75) is 20.1 Å². The molecule has 0 amide bonds. The third kappa shape index (κ3) is 3.33. The van der Waals surface area contributed by atoms with Crippen LogP contribution in [0.2, 0.25) is 0 Å². The molecule has 2 aromatic carbocycles. The van der Waals surface area contributed by atoms with Gasteiger partial charge in [-0.25, -0.2) is 0 Å². The molecular weight excluding hydrogens is 324 g/mol. The molecule has 0 saturated carbocycles. The number of nitrogens with zero attached hydrogens (tertiary/aromatic N) is 2. The van der Waals surface area contributed by atoms with Crippen molar-refractivity contribution in [1.82, 2.24) is 4.57 Å². The SMILES string of the molecule is CCOc1cccc(-n2ccc(C3OCCN3c3cccc(C)c3)c2)c1. The zero-order valence-corrected chi connectivity index (χ0v) is 15.3. The minimum absolute atomic E-state index is 0.0480. The highest BCUT2D eigenvalue weighted by Crippen LogP contribution is 2.33. The van der Waals surface area contributed by atoms with Gasteiger partial charge in [-0.15, -0.1) is 0 Å². The third-order valence-corrected chi connectivity index (χ3v) is 4.65. The topological polar surface area (TPSA) is 26.6 Å². The van der Waals surface area contributed by atoms with Crippen LogP contribution < -0.4 is 9.64 Å². The largest absolute Gasteiger partial charge is 0.494 e. The fourth-order valence-electron chi connectivity index (χ4n) is 3.44. The molecule has 26 heavy (non-hydrogen) atoms. The molecule has 2 heterocycles. The van der Waals surface area contributed by atoms with Gasteiger partial charge in [0.25, 0.3) is 0 Å². The molecule has 4 nitrogen and oxygen atoms in total. The molecule has 1 aromatic heterocycles. The number of anilines is 1. The minimum atomic E-state index is -0.0480. The van der Waals surface area contributed by atoms with Crippen LogP contribution in [0.5, 0.6) is 5.75 Å². The highest BCUT2D eigenvalue weighted by Gasteiger charge is 2.28. The summed E-state index contributed by atoms with van der Waals surface area (Å²) in [6.07, 6.45) is 4.17. The van der Waals surface area contributed by atoms with Gasteiger partial charge in [0, 0.05) is 41.9 Å². The summed E-state index contributed by atoms with van der Waals surface area (Å²) in [5.41, 5.74) is 4.71. The van der Waals surface area contributed by atoms with E-state index in [2.05, 4.69) is 71.2 Å². The van der Waals surface area contributed by atoms with Crippen molar-refractivity contribution in [3.05, 3.63) is 78.1 Å². The first-order valence-corrected chi connectivity index (χ1v) is 9.10. The molecule has 1 unspecified atom stereocenters. The molecule has 0 aliphatic carbocycles. The first kappa shape index (κ1) is 16.7. The van der Waals surface area contributed by atoms with E-state index in [0.29, 0.717) is 6.61 Å². The predicted molar refractivity (Wildman–Crippen MR) is 104 cm³/mol. The summed E-state index contributed by atoms with van der Waals surface area (Å²) in [5, 5.41) is 0. The Kier molecular flexibility index (Phi) is 4.67. The van der Waals surface area contributed by atoms with Gasteiger partial charge in [-0.1, -0.05) is 18.2 Å². The van der Waals surface area contributed by atoms with Crippen LogP contribution in [0.1, 0.15) is 24.3 Å². The second-order valence-electron chi connectivity index (χ2n) is 6.54. The lowest BCUT2D eigenvalue weighted by molar-refractivity contribution is 0.114. The Morgan fingerprint density at radius 2 is 1.92 bits per heavy atom. The van der Waals surface area contributed by atoms with E-state index < -0.39 is 0 Å². The molecule has 1 atom stereocenters. The summed E-state index contributed by atoms with van der Waals surface area (Å²) in [6.45, 7) is 6.43. The predicted octanol–water partition coefficient (Wildman–Crippen LogP) is 4.72. The van der Waals surface area contributed by atoms with Crippen molar-refractivity contribution in [2.24, 2.45) is 0 Å². The summed E-state index contributed by atoms with van der Waals surface area (Å²) in [5.74, 6) is 0.888. The average Bonchev–Trinajstić information content (AvgIpc) is 3.31. The minimum Gasteiger partial charge on any atom is -0.494 e. The number of hydrogen-bond donors (Lipinski definition) is 0. The number of aryl methyl sites for hydroxylation is 1. The quantitative estimate of drug-likeness (QED) is 0.667. The van der Waals surface area contributed by atoms with Gasteiger partial charge in [-0.3, -0.25) is 0 Å². The summed E-state index contributed by atoms with van der Waals surface area (Å²) in [7, 11) is 0. The molecule has 134 valence electrons. The highest BCUT2D eigenvalue weighted by molar-refractivity contribution is 5.51. The fraction of sp³-hybridized carbons (Fsp3) is 0.273. The van der Waals surface area contributed by atoms with E-state index >= 15 is 0 Å². The molecule has 4 rings (SSSR count). The zero-order chi connectivity index (χ0) is 17.9. The van der Waals surface area contributed by atoms with Crippen molar-refractivity contribution in [2.75, 3.05) is 24.7 Å². The lowest BCUT2D eigenvalue weighted by Crippen LogP contribution is -2.23. The summed E-state index contributed by atoms with van der Waals surface area (Å²) >= 11 is 0. The lowest BCUT2D eigenvalue weighted by Gasteiger charge is -2.25. The first-order chi connectivity index (χ1) is 12.7. The van der Waals surface area contributed by atoms with Crippen LogP contribution >= 0.6 is 0 Å². The van der Waals surface area contributed by atoms with Crippen LogP contribution in [0.25, 0.3) is 5.69 Å². The number of rotatable bonds is 5. The Hall–Kier alpha value is -2.72. The summed E-state index contributed by atoms with van der Waals surface area (Å²) in [6, 6.07) is 18.9. The molecule has 0 radical (unpaired) electrons. The standard InChI is InChI=1S/C22H24N2O2/c1-3-25-21-9-5-7-19(15-21)23-11-10-18(16-23)22-24(12-13-26-22)20-8-4-6-17(2)14-20/h4-11,14-16,22H,3,12-13H2,1-2H3. The van der Waals surface area contributed by atoms with Crippen molar-refractivity contribution in [3.8, 4) is 11.4 Å². The molecule has 4 heteroatoms. The van der Waals surface area contributed by atoms with E-state index in [1.54, 1.807) is 0 Å². The van der Waals surface area contributed by atoms with Crippen molar-refractivity contribution in [3.63, 3.8) is 0 Å². The average molecular weight is 348 g/mol. The second kappa shape index (κ2) is 7.26. The molecule has 3 aromatic rings. The Morgan fingerprint density at radius 1 is 1.08 bits per heavy atom. The lowest BCUT2D eigenvalue weighted by atomic mass is 10.2. The van der Waals surface area contributed by atoms with Crippen LogP contribution in [0.3, 0.4) is 0 Å². The molecule has 0 bridgehead atoms. The first-order valence-electron chi connectivity index (χ1n) is 9.10. The molecule has 0 spiro atoms. The van der Waals surface area contributed by atoms with E-state index in [0.717, 1.165) is 30.2 Å². The van der Waals surface area contributed by atoms with Crippen LogP contribution in [0, 0.1) is 6.92 Å². The van der Waals surface area contributed by atoms with E-state index in [9.17, 15) is 0 Å². The van der Waals surface area contributed by atoms with E-state index in [1.165, 1.54) is 11.3 Å². The van der Waals surface area contributed by atoms with Crippen LogP contribution in [0.4, 0.5) is 5.69 Å². The van der Waals surface area contributed by atoms with Gasteiger partial charge in [-0.05, 0) is 49.7 Å². The Balaban J connectivity index is 1.60. The molecule has 1 fully saturated rings. The van der Waals surface area contributed by atoms with Gasteiger partial charge < -0.3 is 18.9 Å². The van der Waals surface area contributed by atoms with Crippen molar-refractivity contribution >= 4 is 5.69 Å². The van der Waals surface area contributed by atoms with Gasteiger partial charge in [0.1, 0.15) is 5.75 Å². The van der Waals surface area contributed by atoms with Gasteiger partial charge in [0.05, 0.1) is 13.2 Å². The molecule has 1 aliphatic heterocycles. The van der Waals surface area contributed by atoms with Gasteiger partial charge in [0.2, 0.25) is 0 Å². The maximum atomic E-state index is 6.05. The van der Waals surface area contributed by atoms with E-state index in [-0.39, 0.29) is 6.23 Å². The normalized spacial score (nSPS) is 16.8. The maximum Gasteiger partial charge on any atom is 0.158 e. The molecular formula is C22H24N2O2. The number of aromatic nitrogens is 1. The van der Waals surface area contributed by atoms with E-state index in [1.807, 2.05) is 19.1 Å². The number of ether oxygens (including phenoxy) is 2. The van der Waals surface area contributed by atoms with Gasteiger partial charge >= 0.3 is 0 Å². The van der Waals surface area contributed by atoms with Gasteiger partial charge in [-0.2, -0.15) is 0 Å². The third-order valence-electron chi connectivity index (χ3n) is 4.65. The molecule has 1 aliphatic rings. The van der Waals surface area contributed by atoms with Crippen molar-refractivity contribution < 1.29 is 9.47 Å². The summed E-state index contributed by atoms with van der Waals surface area (Å²) in [4.78, 5) is 2.32. The van der Waals surface area contributed by atoms with Crippen molar-refractivity contribution in [1.29, 1.82) is 0 Å². The number of hydrogen-bond acceptors (Lipinski definition) is 3. The van der Waals surface area contributed by atoms with Crippen LogP contribution in [-0.2, 0) is 4.74 Å². The smallest absolute Gasteiger partial charge is 0.158 e. The number of benzene rings is 2. The zero-order valence-electron chi connectivity index (χ0n) is 15.3. The monoisotopic (exact) mass is 348 g/mol. The summed E-state index contributed by atoms with van der Waals surface area (Å²) < 4.78 is 13.8. The van der Waals surface area contributed by atoms with Crippen LogP contribution in [0.15, 0.2) is 67.0 Å². The Labute approximate surface area is 154 Å². The van der Waals surface area contributed by atoms with Crippen LogP contribution in [-0.4, -0.2) is 24.3 Å². The molecule has 0 N–H and O–H groups in total. The van der Waals surface area contributed by atoms with E-state index in [4.69, 9.17) is 9.47 Å². The molecule has 1 saturated heterocycles.